The Kier molecular flexibility index (Phi) is 7.97. The SMILES string of the molecule is c1ccc(-c2nc(-c3cccc4oc5ccccc5c34)nc(-n3c4ccccc4c4cc5c6ccccc6n(-c6ccc(-c7ccc8c9ccccc9c9ccccc9c8c7)cc6)c5cc43)n2)cc1. The van der Waals surface area contributed by atoms with Crippen molar-refractivity contribution in [2.75, 3.05) is 0 Å². The summed E-state index contributed by atoms with van der Waals surface area (Å²) in [7, 11) is 0. The summed E-state index contributed by atoms with van der Waals surface area (Å²) in [5, 5.41) is 14.3. The molecule has 0 radical (unpaired) electrons. The third kappa shape index (κ3) is 5.63. The molecule has 4 aromatic heterocycles. The highest BCUT2D eigenvalue weighted by molar-refractivity contribution is 6.26. The Hall–Kier alpha value is -9.39. The van der Waals surface area contributed by atoms with Gasteiger partial charge in [-0.15, -0.1) is 0 Å². The van der Waals surface area contributed by atoms with Gasteiger partial charge in [0.15, 0.2) is 11.6 Å². The van der Waals surface area contributed by atoms with Gasteiger partial charge in [0.2, 0.25) is 5.95 Å². The molecule has 0 saturated carbocycles. The molecule has 0 amide bonds. The first-order valence-corrected chi connectivity index (χ1v) is 23.3. The fourth-order valence-electron chi connectivity index (χ4n) is 11.1. The molecule has 15 rings (SSSR count). The number of nitrogens with zero attached hydrogens (tertiary/aromatic N) is 5. The van der Waals surface area contributed by atoms with Gasteiger partial charge in [-0.25, -0.2) is 4.98 Å². The molecule has 6 heteroatoms. The van der Waals surface area contributed by atoms with E-state index in [4.69, 9.17) is 19.4 Å². The fourth-order valence-corrected chi connectivity index (χ4v) is 11.1. The van der Waals surface area contributed by atoms with E-state index >= 15 is 0 Å². The molecule has 15 aromatic rings. The second-order valence-electron chi connectivity index (χ2n) is 17.9. The standard InChI is InChI=1S/C63H37N5O/c1-2-15-39(16-3-1)61-64-62(50-24-14-28-59-60(50)49-23-10-13-27-58(49)69-59)66-63(65-61)68-55-26-12-9-22-48(55)53-36-52-47-21-8-11-25-54(47)67(56(52)37-57(53)68)41-32-29-38(30-33-41)40-31-34-46-44-19-5-4-17-42(44)43-18-6-7-20-45(43)51(46)35-40/h1-37H. The molecule has 0 N–H and O–H groups in total. The third-order valence-electron chi connectivity index (χ3n) is 14.2. The second-order valence-corrected chi connectivity index (χ2v) is 17.9. The Bertz CT molecular complexity index is 4560. The van der Waals surface area contributed by atoms with Gasteiger partial charge in [0.25, 0.3) is 0 Å². The van der Waals surface area contributed by atoms with E-state index in [1.165, 1.54) is 54.2 Å². The first kappa shape index (κ1) is 37.8. The van der Waals surface area contributed by atoms with Crippen LogP contribution in [0, 0.1) is 0 Å². The molecule has 0 bridgehead atoms. The van der Waals surface area contributed by atoms with Gasteiger partial charge in [0.1, 0.15) is 11.2 Å². The van der Waals surface area contributed by atoms with E-state index in [9.17, 15) is 0 Å². The van der Waals surface area contributed by atoms with Crippen molar-refractivity contribution < 1.29 is 4.42 Å². The maximum Gasteiger partial charge on any atom is 0.238 e. The maximum atomic E-state index is 6.35. The number of aromatic nitrogens is 5. The van der Waals surface area contributed by atoms with Crippen molar-refractivity contribution in [3.63, 3.8) is 0 Å². The van der Waals surface area contributed by atoms with Gasteiger partial charge in [-0.2, -0.15) is 9.97 Å². The summed E-state index contributed by atoms with van der Waals surface area (Å²) >= 11 is 0. The van der Waals surface area contributed by atoms with Crippen LogP contribution < -0.4 is 0 Å². The zero-order chi connectivity index (χ0) is 45.2. The predicted octanol–water partition coefficient (Wildman–Crippen LogP) is 16.4. The Labute approximate surface area is 394 Å². The highest BCUT2D eigenvalue weighted by atomic mass is 16.3. The summed E-state index contributed by atoms with van der Waals surface area (Å²) < 4.78 is 11.0. The molecule has 11 aromatic carbocycles. The molecule has 0 saturated heterocycles. The fraction of sp³-hybridized carbons (Fsp3) is 0. The summed E-state index contributed by atoms with van der Waals surface area (Å²) in [4.78, 5) is 15.9. The Morgan fingerprint density at radius 3 is 1.54 bits per heavy atom. The molecule has 0 fully saturated rings. The number of furan rings is 1. The summed E-state index contributed by atoms with van der Waals surface area (Å²) in [5.74, 6) is 1.71. The van der Waals surface area contributed by atoms with Crippen molar-refractivity contribution in [2.45, 2.75) is 0 Å². The van der Waals surface area contributed by atoms with Gasteiger partial charge in [-0.1, -0.05) is 170 Å². The summed E-state index contributed by atoms with van der Waals surface area (Å²) in [6.07, 6.45) is 0. The van der Waals surface area contributed by atoms with Crippen LogP contribution in [0.2, 0.25) is 0 Å². The van der Waals surface area contributed by atoms with Gasteiger partial charge in [0, 0.05) is 49.1 Å². The Morgan fingerprint density at radius 1 is 0.290 bits per heavy atom. The van der Waals surface area contributed by atoms with Gasteiger partial charge in [0.05, 0.1) is 22.1 Å². The Balaban J connectivity index is 0.939. The average molecular weight is 880 g/mol. The third-order valence-corrected chi connectivity index (χ3v) is 14.2. The van der Waals surface area contributed by atoms with Crippen LogP contribution in [0.4, 0.5) is 0 Å². The summed E-state index contributed by atoms with van der Waals surface area (Å²) in [5.41, 5.74) is 11.1. The molecule has 6 nitrogen and oxygen atoms in total. The van der Waals surface area contributed by atoms with Crippen LogP contribution in [0.25, 0.3) is 143 Å². The van der Waals surface area contributed by atoms with Gasteiger partial charge in [-0.3, -0.25) is 4.57 Å². The van der Waals surface area contributed by atoms with E-state index in [2.05, 4.69) is 185 Å². The quantitative estimate of drug-likeness (QED) is 0.162. The van der Waals surface area contributed by atoms with Crippen LogP contribution in [0.5, 0.6) is 0 Å². The zero-order valence-electron chi connectivity index (χ0n) is 37.0. The number of benzene rings is 11. The number of rotatable bonds is 5. The number of fused-ring (bicyclic) bond motifs is 15. The van der Waals surface area contributed by atoms with Crippen molar-refractivity contribution in [2.24, 2.45) is 0 Å². The lowest BCUT2D eigenvalue weighted by Gasteiger charge is -2.13. The van der Waals surface area contributed by atoms with Crippen LogP contribution >= 0.6 is 0 Å². The molecule has 0 unspecified atom stereocenters. The van der Waals surface area contributed by atoms with Gasteiger partial charge < -0.3 is 8.98 Å². The molecular formula is C63H37N5O. The van der Waals surface area contributed by atoms with Crippen molar-refractivity contribution in [1.29, 1.82) is 0 Å². The molecule has 69 heavy (non-hydrogen) atoms. The monoisotopic (exact) mass is 879 g/mol. The molecule has 4 heterocycles. The van der Waals surface area contributed by atoms with Crippen LogP contribution in [-0.4, -0.2) is 24.1 Å². The molecule has 320 valence electrons. The average Bonchev–Trinajstić information content (AvgIpc) is 4.08. The summed E-state index contributed by atoms with van der Waals surface area (Å²) in [6.45, 7) is 0. The normalized spacial score (nSPS) is 12.1. The minimum Gasteiger partial charge on any atom is -0.456 e. The predicted molar refractivity (Wildman–Crippen MR) is 285 cm³/mol. The smallest absolute Gasteiger partial charge is 0.238 e. The largest absolute Gasteiger partial charge is 0.456 e. The first-order valence-electron chi connectivity index (χ1n) is 23.3. The number of para-hydroxylation sites is 3. The second kappa shape index (κ2) is 14.6. The van der Waals surface area contributed by atoms with Crippen LogP contribution in [0.3, 0.4) is 0 Å². The lowest BCUT2D eigenvalue weighted by Crippen LogP contribution is -2.06. The molecule has 0 aliphatic carbocycles. The van der Waals surface area contributed by atoms with Crippen molar-refractivity contribution in [3.05, 3.63) is 224 Å². The lowest BCUT2D eigenvalue weighted by atomic mass is 9.92. The summed E-state index contributed by atoms with van der Waals surface area (Å²) in [6, 6.07) is 79.9. The minimum atomic E-state index is 0.539. The van der Waals surface area contributed by atoms with Crippen molar-refractivity contribution in [3.8, 4) is 45.5 Å². The molecule has 0 aliphatic rings. The van der Waals surface area contributed by atoms with E-state index in [-0.39, 0.29) is 0 Å². The molecular weight excluding hydrogens is 843 g/mol. The van der Waals surface area contributed by atoms with E-state index in [1.807, 2.05) is 48.5 Å². The van der Waals surface area contributed by atoms with E-state index in [1.54, 1.807) is 0 Å². The lowest BCUT2D eigenvalue weighted by molar-refractivity contribution is 0.669. The van der Waals surface area contributed by atoms with E-state index in [0.29, 0.717) is 17.6 Å². The topological polar surface area (TPSA) is 61.7 Å². The highest BCUT2D eigenvalue weighted by Gasteiger charge is 2.23. The number of hydrogen-bond donors (Lipinski definition) is 0. The molecule has 0 aliphatic heterocycles. The maximum absolute atomic E-state index is 6.35. The van der Waals surface area contributed by atoms with Gasteiger partial charge in [-0.05, 0) is 98.0 Å². The van der Waals surface area contributed by atoms with Crippen LogP contribution in [0.15, 0.2) is 229 Å². The Morgan fingerprint density at radius 2 is 0.826 bits per heavy atom. The highest BCUT2D eigenvalue weighted by Crippen LogP contribution is 2.42. The van der Waals surface area contributed by atoms with Gasteiger partial charge >= 0.3 is 0 Å². The van der Waals surface area contributed by atoms with Crippen LogP contribution in [-0.2, 0) is 0 Å². The van der Waals surface area contributed by atoms with E-state index < -0.39 is 0 Å². The number of hydrogen-bond acceptors (Lipinski definition) is 4. The van der Waals surface area contributed by atoms with Crippen LogP contribution in [0.1, 0.15) is 0 Å². The molecule has 0 atom stereocenters. The minimum absolute atomic E-state index is 0.539. The van der Waals surface area contributed by atoms with Crippen molar-refractivity contribution in [1.82, 2.24) is 24.1 Å². The molecule has 0 spiro atoms. The zero-order valence-corrected chi connectivity index (χ0v) is 37.0. The van der Waals surface area contributed by atoms with E-state index in [0.717, 1.165) is 71.6 Å². The van der Waals surface area contributed by atoms with Crippen molar-refractivity contribution >= 4 is 97.9 Å². The first-order chi connectivity index (χ1) is 34.2.